The minimum absolute atomic E-state index is 0.00906. The van der Waals surface area contributed by atoms with E-state index in [-0.39, 0.29) is 5.91 Å². The summed E-state index contributed by atoms with van der Waals surface area (Å²) in [5.74, 6) is 0.889. The van der Waals surface area contributed by atoms with Crippen LogP contribution in [0.4, 0.5) is 5.69 Å². The molecule has 0 unspecified atom stereocenters. The number of hydrogen-bond donors (Lipinski definition) is 2. The largest absolute Gasteiger partial charge is 0.496 e. The molecule has 2 aromatic carbocycles. The Morgan fingerprint density at radius 1 is 1.17 bits per heavy atom. The van der Waals surface area contributed by atoms with Crippen LogP contribution < -0.4 is 15.4 Å². The van der Waals surface area contributed by atoms with Crippen molar-refractivity contribution in [3.63, 3.8) is 0 Å². The van der Waals surface area contributed by atoms with Gasteiger partial charge >= 0.3 is 0 Å². The summed E-state index contributed by atoms with van der Waals surface area (Å²) in [4.78, 5) is 12.0. The van der Waals surface area contributed by atoms with Crippen LogP contribution >= 0.6 is 11.6 Å². The summed E-state index contributed by atoms with van der Waals surface area (Å²) in [5, 5.41) is 6.86. The lowest BCUT2D eigenvalue weighted by Gasteiger charge is -2.10. The summed E-state index contributed by atoms with van der Waals surface area (Å²) in [6.07, 6.45) is 1.29. The Hall–Kier alpha value is -2.04. The number of para-hydroxylation sites is 1. The van der Waals surface area contributed by atoms with Gasteiger partial charge in [0.1, 0.15) is 5.75 Å². The molecule has 0 bridgehead atoms. The number of amides is 1. The van der Waals surface area contributed by atoms with E-state index in [1.807, 2.05) is 37.3 Å². The highest BCUT2D eigenvalue weighted by molar-refractivity contribution is 6.30. The Kier molecular flexibility index (Phi) is 7.09. The lowest BCUT2D eigenvalue weighted by atomic mass is 10.1. The number of methoxy groups -OCH3 is 1. The van der Waals surface area contributed by atoms with Gasteiger partial charge in [-0.2, -0.15) is 0 Å². The third-order valence-electron chi connectivity index (χ3n) is 3.76. The molecule has 0 aliphatic carbocycles. The second kappa shape index (κ2) is 9.30. The minimum atomic E-state index is -0.00906. The molecule has 2 N–H and O–H groups in total. The summed E-state index contributed by atoms with van der Waals surface area (Å²) in [7, 11) is 1.68. The fraction of sp³-hybridized carbons (Fsp3) is 0.316. The van der Waals surface area contributed by atoms with Crippen LogP contribution in [0, 0.1) is 6.92 Å². The van der Waals surface area contributed by atoms with Crippen molar-refractivity contribution >= 4 is 23.2 Å². The number of benzene rings is 2. The highest BCUT2D eigenvalue weighted by atomic mass is 35.5. The molecule has 0 spiro atoms. The molecule has 4 nitrogen and oxygen atoms in total. The molecule has 0 saturated carbocycles. The third kappa shape index (κ3) is 5.55. The first-order valence-corrected chi connectivity index (χ1v) is 8.36. The molecule has 0 aliphatic heterocycles. The van der Waals surface area contributed by atoms with Crippen LogP contribution in [-0.4, -0.2) is 26.1 Å². The summed E-state index contributed by atoms with van der Waals surface area (Å²) < 4.78 is 5.33. The fourth-order valence-electron chi connectivity index (χ4n) is 2.44. The van der Waals surface area contributed by atoms with Gasteiger partial charge in [-0.25, -0.2) is 0 Å². The Bertz CT molecular complexity index is 689. The molecule has 1 amide bonds. The van der Waals surface area contributed by atoms with Crippen LogP contribution in [0.1, 0.15) is 17.5 Å². The predicted octanol–water partition coefficient (Wildman–Crippen LogP) is 3.82. The monoisotopic (exact) mass is 346 g/mol. The van der Waals surface area contributed by atoms with Crippen LogP contribution in [0.2, 0.25) is 5.02 Å². The molecule has 0 heterocycles. The quantitative estimate of drug-likeness (QED) is 0.714. The first-order chi connectivity index (χ1) is 11.6. The highest BCUT2D eigenvalue weighted by Crippen LogP contribution is 2.19. The van der Waals surface area contributed by atoms with Crippen molar-refractivity contribution < 1.29 is 9.53 Å². The Morgan fingerprint density at radius 3 is 2.71 bits per heavy atom. The van der Waals surface area contributed by atoms with Gasteiger partial charge < -0.3 is 15.4 Å². The summed E-state index contributed by atoms with van der Waals surface area (Å²) in [6.45, 7) is 3.36. The topological polar surface area (TPSA) is 50.4 Å². The average Bonchev–Trinajstić information content (AvgIpc) is 2.57. The van der Waals surface area contributed by atoms with Gasteiger partial charge in [-0.1, -0.05) is 29.8 Å². The van der Waals surface area contributed by atoms with Gasteiger partial charge in [0.2, 0.25) is 5.91 Å². The number of rotatable bonds is 8. The summed E-state index contributed by atoms with van der Waals surface area (Å²) >= 11 is 5.91. The fourth-order valence-corrected chi connectivity index (χ4v) is 2.67. The molecule has 2 rings (SSSR count). The molecule has 5 heteroatoms. The van der Waals surface area contributed by atoms with Gasteiger partial charge in [0.05, 0.1) is 7.11 Å². The van der Waals surface area contributed by atoms with Crippen LogP contribution in [0.15, 0.2) is 42.5 Å². The second-order valence-electron chi connectivity index (χ2n) is 5.57. The zero-order valence-corrected chi connectivity index (χ0v) is 14.8. The molecular weight excluding hydrogens is 324 g/mol. The predicted molar refractivity (Wildman–Crippen MR) is 99.0 cm³/mol. The van der Waals surface area contributed by atoms with E-state index < -0.39 is 0 Å². The van der Waals surface area contributed by atoms with Crippen LogP contribution in [0.5, 0.6) is 5.75 Å². The van der Waals surface area contributed by atoms with Crippen LogP contribution in [0.25, 0.3) is 0 Å². The maximum atomic E-state index is 12.0. The number of halogens is 1. The smallest absolute Gasteiger partial charge is 0.225 e. The van der Waals surface area contributed by atoms with E-state index in [0.29, 0.717) is 18.0 Å². The van der Waals surface area contributed by atoms with Crippen LogP contribution in [0.3, 0.4) is 0 Å². The van der Waals surface area contributed by atoms with E-state index in [1.165, 1.54) is 0 Å². The Labute approximate surface area is 148 Å². The van der Waals surface area contributed by atoms with Crippen molar-refractivity contribution in [3.8, 4) is 5.75 Å². The summed E-state index contributed by atoms with van der Waals surface area (Å²) in [6, 6.07) is 13.4. The number of hydrogen-bond acceptors (Lipinski definition) is 3. The van der Waals surface area contributed by atoms with Crippen molar-refractivity contribution in [2.75, 3.05) is 25.5 Å². The van der Waals surface area contributed by atoms with E-state index >= 15 is 0 Å². The van der Waals surface area contributed by atoms with Crippen molar-refractivity contribution in [1.29, 1.82) is 0 Å². The zero-order valence-electron chi connectivity index (χ0n) is 14.1. The first-order valence-electron chi connectivity index (χ1n) is 7.99. The standard InChI is InChI=1S/C19H23ClN2O2/c1-14-13-16(20)7-8-17(14)22-19(23)10-12-21-11-9-15-5-3-4-6-18(15)24-2/h3-8,13,21H,9-12H2,1-2H3,(H,22,23). The van der Waals surface area contributed by atoms with E-state index in [9.17, 15) is 4.79 Å². The molecule has 0 aromatic heterocycles. The second-order valence-corrected chi connectivity index (χ2v) is 6.01. The van der Waals surface area contributed by atoms with Gasteiger partial charge in [-0.3, -0.25) is 4.79 Å². The van der Waals surface area contributed by atoms with Gasteiger partial charge in [0, 0.05) is 23.7 Å². The SMILES string of the molecule is COc1ccccc1CCNCCC(=O)Nc1ccc(Cl)cc1C. The van der Waals surface area contributed by atoms with E-state index in [2.05, 4.69) is 16.7 Å². The van der Waals surface area contributed by atoms with Crippen molar-refractivity contribution in [1.82, 2.24) is 5.32 Å². The maximum absolute atomic E-state index is 12.0. The van der Waals surface area contributed by atoms with Crippen molar-refractivity contribution in [3.05, 3.63) is 58.6 Å². The van der Waals surface area contributed by atoms with Gasteiger partial charge in [-0.15, -0.1) is 0 Å². The molecule has 0 radical (unpaired) electrons. The molecule has 128 valence electrons. The minimum Gasteiger partial charge on any atom is -0.496 e. The van der Waals surface area contributed by atoms with E-state index in [1.54, 1.807) is 13.2 Å². The molecule has 0 atom stereocenters. The molecular formula is C19H23ClN2O2. The molecule has 0 fully saturated rings. The number of aryl methyl sites for hydroxylation is 1. The number of ether oxygens (including phenoxy) is 1. The number of anilines is 1. The van der Waals surface area contributed by atoms with Crippen LogP contribution in [-0.2, 0) is 11.2 Å². The van der Waals surface area contributed by atoms with Crippen molar-refractivity contribution in [2.45, 2.75) is 19.8 Å². The maximum Gasteiger partial charge on any atom is 0.225 e. The van der Waals surface area contributed by atoms with Gasteiger partial charge in [-0.05, 0) is 55.3 Å². The zero-order chi connectivity index (χ0) is 17.4. The lowest BCUT2D eigenvalue weighted by molar-refractivity contribution is -0.116. The number of carbonyl (C=O) groups is 1. The molecule has 24 heavy (non-hydrogen) atoms. The van der Waals surface area contributed by atoms with Gasteiger partial charge in [0.25, 0.3) is 0 Å². The highest BCUT2D eigenvalue weighted by Gasteiger charge is 2.05. The lowest BCUT2D eigenvalue weighted by Crippen LogP contribution is -2.23. The third-order valence-corrected chi connectivity index (χ3v) is 3.99. The van der Waals surface area contributed by atoms with Crippen molar-refractivity contribution in [2.24, 2.45) is 0 Å². The number of carbonyl (C=O) groups excluding carboxylic acids is 1. The van der Waals surface area contributed by atoms with E-state index in [4.69, 9.17) is 16.3 Å². The van der Waals surface area contributed by atoms with Gasteiger partial charge in [0.15, 0.2) is 0 Å². The number of nitrogens with one attached hydrogen (secondary N) is 2. The molecule has 0 aliphatic rings. The average molecular weight is 347 g/mol. The molecule has 2 aromatic rings. The summed E-state index contributed by atoms with van der Waals surface area (Å²) in [5.41, 5.74) is 2.92. The Balaban J connectivity index is 1.69. The normalized spacial score (nSPS) is 10.5. The Morgan fingerprint density at radius 2 is 1.96 bits per heavy atom. The molecule has 0 saturated heterocycles. The van der Waals surface area contributed by atoms with E-state index in [0.717, 1.165) is 35.5 Å². The first kappa shape index (κ1) is 18.3.